The van der Waals surface area contributed by atoms with Gasteiger partial charge in [-0.05, 0) is 24.0 Å². The van der Waals surface area contributed by atoms with Crippen LogP contribution in [0.15, 0.2) is 24.3 Å². The van der Waals surface area contributed by atoms with Crippen molar-refractivity contribution in [2.24, 2.45) is 11.8 Å². The summed E-state index contributed by atoms with van der Waals surface area (Å²) >= 11 is 0. The molecule has 0 spiro atoms. The molecule has 0 radical (unpaired) electrons. The average Bonchev–Trinajstić information content (AvgIpc) is 2.59. The molecular weight excluding hydrogens is 306 g/mol. The van der Waals surface area contributed by atoms with Gasteiger partial charge in [0, 0.05) is 19.6 Å². The highest BCUT2D eigenvalue weighted by atomic mass is 16.6. The number of esters is 1. The lowest BCUT2D eigenvalue weighted by Gasteiger charge is -2.33. The van der Waals surface area contributed by atoms with Crippen LogP contribution in [-0.2, 0) is 20.7 Å². The normalized spacial score (nSPS) is 24.3. The molecule has 5 heteroatoms. The van der Waals surface area contributed by atoms with Gasteiger partial charge < -0.3 is 14.2 Å². The van der Waals surface area contributed by atoms with Crippen molar-refractivity contribution < 1.29 is 19.0 Å². The van der Waals surface area contributed by atoms with E-state index in [4.69, 9.17) is 14.2 Å². The number of rotatable bonds is 5. The van der Waals surface area contributed by atoms with Crippen LogP contribution in [0.1, 0.15) is 19.4 Å². The molecule has 1 saturated heterocycles. The van der Waals surface area contributed by atoms with Crippen LogP contribution in [0.2, 0.25) is 0 Å². The van der Waals surface area contributed by atoms with Crippen LogP contribution in [0.5, 0.6) is 5.75 Å². The molecule has 2 aliphatic heterocycles. The van der Waals surface area contributed by atoms with E-state index in [1.54, 1.807) is 0 Å². The number of carbonyl (C=O) groups is 1. The van der Waals surface area contributed by atoms with E-state index >= 15 is 0 Å². The lowest BCUT2D eigenvalue weighted by atomic mass is 9.97. The fraction of sp³-hybridized carbons (Fsp3) is 0.632. The minimum Gasteiger partial charge on any atom is -0.492 e. The second-order valence-corrected chi connectivity index (χ2v) is 7.10. The van der Waals surface area contributed by atoms with Gasteiger partial charge in [0.25, 0.3) is 0 Å². The Bertz CT molecular complexity index is 560. The van der Waals surface area contributed by atoms with E-state index in [0.29, 0.717) is 32.2 Å². The number of carbonyl (C=O) groups excluding carboxylic acids is 1. The predicted molar refractivity (Wildman–Crippen MR) is 91.1 cm³/mol. The van der Waals surface area contributed by atoms with Gasteiger partial charge in [-0.1, -0.05) is 32.0 Å². The summed E-state index contributed by atoms with van der Waals surface area (Å²) in [6, 6.07) is 7.86. The van der Waals surface area contributed by atoms with Gasteiger partial charge >= 0.3 is 5.97 Å². The number of nitrogens with zero attached hydrogens (tertiary/aromatic N) is 1. The maximum absolute atomic E-state index is 12.3. The lowest BCUT2D eigenvalue weighted by Crippen LogP contribution is -2.46. The molecule has 2 atom stereocenters. The molecule has 1 aromatic rings. The fourth-order valence-electron chi connectivity index (χ4n) is 3.34. The molecule has 5 nitrogen and oxygen atoms in total. The second-order valence-electron chi connectivity index (χ2n) is 7.10. The van der Waals surface area contributed by atoms with Crippen LogP contribution in [0, 0.1) is 11.8 Å². The molecular formula is C19H27NO4. The molecule has 2 aliphatic rings. The van der Waals surface area contributed by atoms with Crippen molar-refractivity contribution in [1.82, 2.24) is 4.90 Å². The first-order chi connectivity index (χ1) is 11.6. The summed E-state index contributed by atoms with van der Waals surface area (Å²) in [5.74, 6) is 1.09. The third-order valence-electron chi connectivity index (χ3n) is 4.47. The average molecular weight is 333 g/mol. The smallest absolute Gasteiger partial charge is 0.312 e. The summed E-state index contributed by atoms with van der Waals surface area (Å²) in [4.78, 5) is 14.7. The van der Waals surface area contributed by atoms with Gasteiger partial charge in [-0.15, -0.1) is 0 Å². The topological polar surface area (TPSA) is 48.0 Å². The summed E-state index contributed by atoms with van der Waals surface area (Å²) in [6.45, 7) is 8.69. The number of ether oxygens (including phenoxy) is 3. The van der Waals surface area contributed by atoms with Gasteiger partial charge in [-0.25, -0.2) is 0 Å². The SMILES string of the molecule is CC(C)CN1CCOC(COC(=O)C2COc3ccccc3C2)C1. The second kappa shape index (κ2) is 7.99. The number of hydrogen-bond acceptors (Lipinski definition) is 5. The lowest BCUT2D eigenvalue weighted by molar-refractivity contribution is -0.156. The van der Waals surface area contributed by atoms with Crippen molar-refractivity contribution in [1.29, 1.82) is 0 Å². The highest BCUT2D eigenvalue weighted by Crippen LogP contribution is 2.27. The molecule has 2 heterocycles. The summed E-state index contributed by atoms with van der Waals surface area (Å²) in [6.07, 6.45) is 0.651. The minimum atomic E-state index is -0.227. The number of hydrogen-bond donors (Lipinski definition) is 0. The molecule has 1 fully saturated rings. The zero-order chi connectivity index (χ0) is 16.9. The van der Waals surface area contributed by atoms with Gasteiger partial charge in [-0.2, -0.15) is 0 Å². The van der Waals surface area contributed by atoms with Gasteiger partial charge in [0.15, 0.2) is 0 Å². The van der Waals surface area contributed by atoms with Gasteiger partial charge in [0.2, 0.25) is 0 Å². The highest BCUT2D eigenvalue weighted by Gasteiger charge is 2.29. The molecule has 24 heavy (non-hydrogen) atoms. The predicted octanol–water partition coefficient (Wildman–Crippen LogP) is 2.14. The molecule has 0 bridgehead atoms. The van der Waals surface area contributed by atoms with E-state index in [9.17, 15) is 4.79 Å². The van der Waals surface area contributed by atoms with E-state index in [1.807, 2.05) is 24.3 Å². The van der Waals surface area contributed by atoms with E-state index < -0.39 is 0 Å². The maximum Gasteiger partial charge on any atom is 0.312 e. The van der Waals surface area contributed by atoms with Crippen molar-refractivity contribution in [2.45, 2.75) is 26.4 Å². The first-order valence-corrected chi connectivity index (χ1v) is 8.83. The molecule has 2 unspecified atom stereocenters. The molecule has 132 valence electrons. The van der Waals surface area contributed by atoms with Gasteiger partial charge in [-0.3, -0.25) is 9.69 Å². The Morgan fingerprint density at radius 1 is 1.38 bits per heavy atom. The standard InChI is InChI=1S/C19H27NO4/c1-14(2)10-20-7-8-22-17(11-20)13-24-19(21)16-9-15-5-3-4-6-18(15)23-12-16/h3-6,14,16-17H,7-13H2,1-2H3. The van der Waals surface area contributed by atoms with Crippen LogP contribution < -0.4 is 4.74 Å². The molecule has 1 aromatic carbocycles. The van der Waals surface area contributed by atoms with Crippen LogP contribution in [0.25, 0.3) is 0 Å². The third-order valence-corrected chi connectivity index (χ3v) is 4.47. The van der Waals surface area contributed by atoms with Crippen LogP contribution in [0.3, 0.4) is 0 Å². The first kappa shape index (κ1) is 17.2. The fourth-order valence-corrected chi connectivity index (χ4v) is 3.34. The van der Waals surface area contributed by atoms with Gasteiger partial charge in [0.05, 0.1) is 12.5 Å². The van der Waals surface area contributed by atoms with Crippen LogP contribution in [0.4, 0.5) is 0 Å². The van der Waals surface area contributed by atoms with E-state index in [0.717, 1.165) is 30.9 Å². The van der Waals surface area contributed by atoms with Crippen molar-refractivity contribution >= 4 is 5.97 Å². The van der Waals surface area contributed by atoms with Crippen molar-refractivity contribution in [3.05, 3.63) is 29.8 Å². The van der Waals surface area contributed by atoms with Crippen molar-refractivity contribution in [3.8, 4) is 5.75 Å². The van der Waals surface area contributed by atoms with Crippen LogP contribution >= 0.6 is 0 Å². The Morgan fingerprint density at radius 3 is 3.04 bits per heavy atom. The Hall–Kier alpha value is -1.59. The van der Waals surface area contributed by atoms with Crippen LogP contribution in [-0.4, -0.2) is 56.4 Å². The summed E-state index contributed by atoms with van der Waals surface area (Å²) in [5.41, 5.74) is 1.07. The van der Waals surface area contributed by atoms with Gasteiger partial charge in [0.1, 0.15) is 25.1 Å². The summed E-state index contributed by atoms with van der Waals surface area (Å²) < 4.78 is 16.9. The number of fused-ring (bicyclic) bond motifs is 1. The minimum absolute atomic E-state index is 0.0294. The zero-order valence-electron chi connectivity index (χ0n) is 14.6. The molecule has 0 saturated carbocycles. The van der Waals surface area contributed by atoms with Crippen molar-refractivity contribution in [3.63, 3.8) is 0 Å². The Morgan fingerprint density at radius 2 is 2.21 bits per heavy atom. The Labute approximate surface area is 143 Å². The quantitative estimate of drug-likeness (QED) is 0.773. The third kappa shape index (κ3) is 4.48. The number of para-hydroxylation sites is 1. The molecule has 0 aliphatic carbocycles. The Kier molecular flexibility index (Phi) is 5.74. The maximum atomic E-state index is 12.3. The molecule has 0 amide bonds. The first-order valence-electron chi connectivity index (χ1n) is 8.83. The summed E-state index contributed by atoms with van der Waals surface area (Å²) in [5, 5.41) is 0. The number of benzene rings is 1. The molecule has 0 aromatic heterocycles. The van der Waals surface area contributed by atoms with E-state index in [2.05, 4.69) is 18.7 Å². The monoisotopic (exact) mass is 333 g/mol. The molecule has 0 N–H and O–H groups in total. The largest absolute Gasteiger partial charge is 0.492 e. The molecule has 3 rings (SSSR count). The highest BCUT2D eigenvalue weighted by molar-refractivity contribution is 5.73. The summed E-state index contributed by atoms with van der Waals surface area (Å²) in [7, 11) is 0. The zero-order valence-corrected chi connectivity index (χ0v) is 14.6. The van der Waals surface area contributed by atoms with E-state index in [1.165, 1.54) is 0 Å². The Balaban J connectivity index is 1.46. The van der Waals surface area contributed by atoms with E-state index in [-0.39, 0.29) is 18.0 Å². The van der Waals surface area contributed by atoms with Crippen molar-refractivity contribution in [2.75, 3.05) is 39.5 Å². The number of morpholine rings is 1.